The van der Waals surface area contributed by atoms with Crippen LogP contribution in [0.4, 0.5) is 5.69 Å². The summed E-state index contributed by atoms with van der Waals surface area (Å²) in [5.41, 5.74) is 1.36. The molecule has 8 nitrogen and oxygen atoms in total. The second-order valence-electron chi connectivity index (χ2n) is 10.0. The van der Waals surface area contributed by atoms with Crippen LogP contribution in [-0.4, -0.2) is 56.6 Å². The lowest BCUT2D eigenvalue weighted by Crippen LogP contribution is -2.50. The molecule has 0 saturated heterocycles. The van der Waals surface area contributed by atoms with Crippen LogP contribution in [0.2, 0.25) is 0 Å². The van der Waals surface area contributed by atoms with E-state index < -0.39 is 16.1 Å². The molecule has 0 bridgehead atoms. The molecule has 0 heterocycles. The average Bonchev–Trinajstić information content (AvgIpc) is 2.91. The summed E-state index contributed by atoms with van der Waals surface area (Å²) in [6.07, 6.45) is 6.85. The molecule has 214 valence electrons. The van der Waals surface area contributed by atoms with Gasteiger partial charge in [-0.05, 0) is 62.9 Å². The van der Waals surface area contributed by atoms with E-state index in [4.69, 9.17) is 4.74 Å². The largest absolute Gasteiger partial charge is 0.492 e. The van der Waals surface area contributed by atoms with Crippen molar-refractivity contribution >= 4 is 43.5 Å². The normalized spacial score (nSPS) is 14.9. The smallest absolute Gasteiger partial charge is 0.242 e. The number of rotatable bonds is 13. The molecule has 0 spiro atoms. The van der Waals surface area contributed by atoms with Gasteiger partial charge in [-0.1, -0.05) is 59.5 Å². The number of nitrogens with one attached hydrogen (secondary N) is 1. The molecule has 0 aliphatic heterocycles. The van der Waals surface area contributed by atoms with Crippen LogP contribution >= 0.6 is 15.9 Å². The monoisotopic (exact) mass is 621 g/mol. The number of sulfonamides is 1. The van der Waals surface area contributed by atoms with E-state index in [-0.39, 0.29) is 37.4 Å². The summed E-state index contributed by atoms with van der Waals surface area (Å²) in [5, 5.41) is 3.14. The van der Waals surface area contributed by atoms with Crippen LogP contribution in [-0.2, 0) is 26.2 Å². The van der Waals surface area contributed by atoms with Crippen LogP contribution in [0.3, 0.4) is 0 Å². The van der Waals surface area contributed by atoms with Gasteiger partial charge in [-0.25, -0.2) is 8.42 Å². The molecule has 2 aromatic rings. The molecule has 1 saturated carbocycles. The van der Waals surface area contributed by atoms with Crippen molar-refractivity contribution in [2.45, 2.75) is 77.4 Å². The Balaban J connectivity index is 1.73. The molecule has 1 atom stereocenters. The van der Waals surface area contributed by atoms with Gasteiger partial charge in [0, 0.05) is 30.0 Å². The van der Waals surface area contributed by atoms with Crippen molar-refractivity contribution in [1.29, 1.82) is 0 Å². The number of benzene rings is 2. The molecular formula is C29H40BrN3O5S. The summed E-state index contributed by atoms with van der Waals surface area (Å²) in [4.78, 5) is 28.3. The van der Waals surface area contributed by atoms with Gasteiger partial charge in [0.2, 0.25) is 21.8 Å². The highest BCUT2D eigenvalue weighted by Crippen LogP contribution is 2.30. The number of halogens is 1. The SMILES string of the molecule is CCOc1ccccc1N(CCCC(=O)N(Cc1ccc(Br)cc1)[C@@H](C)C(=O)NC1CCCCC1)S(C)(=O)=O. The summed E-state index contributed by atoms with van der Waals surface area (Å²) in [7, 11) is -3.62. The maximum Gasteiger partial charge on any atom is 0.242 e. The van der Waals surface area contributed by atoms with Gasteiger partial charge in [0.05, 0.1) is 18.6 Å². The van der Waals surface area contributed by atoms with Crippen LogP contribution < -0.4 is 14.4 Å². The van der Waals surface area contributed by atoms with Crippen LogP contribution in [0.25, 0.3) is 0 Å². The zero-order chi connectivity index (χ0) is 28.4. The third-order valence-corrected chi connectivity index (χ3v) is 8.68. The van der Waals surface area contributed by atoms with E-state index in [0.717, 1.165) is 42.0 Å². The summed E-state index contributed by atoms with van der Waals surface area (Å²) in [6.45, 7) is 4.40. The van der Waals surface area contributed by atoms with Gasteiger partial charge in [0.25, 0.3) is 0 Å². The maximum atomic E-state index is 13.5. The summed E-state index contributed by atoms with van der Waals surface area (Å²) in [6, 6.07) is 14.1. The highest BCUT2D eigenvalue weighted by atomic mass is 79.9. The Morgan fingerprint density at radius 3 is 2.38 bits per heavy atom. The fourth-order valence-electron chi connectivity index (χ4n) is 4.86. The molecule has 1 aliphatic carbocycles. The van der Waals surface area contributed by atoms with Crippen molar-refractivity contribution in [1.82, 2.24) is 10.2 Å². The third kappa shape index (κ3) is 9.24. The molecule has 39 heavy (non-hydrogen) atoms. The Labute approximate surface area is 241 Å². The minimum absolute atomic E-state index is 0.0976. The van der Waals surface area contributed by atoms with Gasteiger partial charge >= 0.3 is 0 Å². The number of carbonyl (C=O) groups is 2. The molecule has 3 rings (SSSR count). The second-order valence-corrected chi connectivity index (χ2v) is 12.8. The number of hydrogen-bond acceptors (Lipinski definition) is 5. The maximum absolute atomic E-state index is 13.5. The fraction of sp³-hybridized carbons (Fsp3) is 0.517. The van der Waals surface area contributed by atoms with E-state index >= 15 is 0 Å². The Bertz CT molecular complexity index is 1200. The topological polar surface area (TPSA) is 96.0 Å². The first-order valence-corrected chi connectivity index (χ1v) is 16.3. The lowest BCUT2D eigenvalue weighted by atomic mass is 9.95. The highest BCUT2D eigenvalue weighted by molar-refractivity contribution is 9.10. The number of ether oxygens (including phenoxy) is 1. The molecule has 2 aromatic carbocycles. The number of hydrogen-bond donors (Lipinski definition) is 1. The minimum atomic E-state index is -3.62. The zero-order valence-electron chi connectivity index (χ0n) is 23.1. The molecule has 0 radical (unpaired) electrons. The second kappa shape index (κ2) is 14.7. The first-order chi connectivity index (χ1) is 18.6. The van der Waals surface area contributed by atoms with Crippen LogP contribution in [0, 0.1) is 0 Å². The predicted molar refractivity (Wildman–Crippen MR) is 158 cm³/mol. The van der Waals surface area contributed by atoms with Crippen molar-refractivity contribution in [3.05, 3.63) is 58.6 Å². The highest BCUT2D eigenvalue weighted by Gasteiger charge is 2.28. The van der Waals surface area contributed by atoms with E-state index in [0.29, 0.717) is 24.5 Å². The first kappa shape index (κ1) is 30.9. The average molecular weight is 623 g/mol. The number of anilines is 1. The number of amides is 2. The summed E-state index contributed by atoms with van der Waals surface area (Å²) < 4.78 is 33.2. The molecule has 1 aliphatic rings. The lowest BCUT2D eigenvalue weighted by molar-refractivity contribution is -0.141. The van der Waals surface area contributed by atoms with Gasteiger partial charge in [-0.15, -0.1) is 0 Å². The molecule has 1 fully saturated rings. The van der Waals surface area contributed by atoms with Gasteiger partial charge in [0.1, 0.15) is 11.8 Å². The van der Waals surface area contributed by atoms with Crippen molar-refractivity contribution in [2.24, 2.45) is 0 Å². The molecular weight excluding hydrogens is 582 g/mol. The Morgan fingerprint density at radius 2 is 1.74 bits per heavy atom. The van der Waals surface area contributed by atoms with Gasteiger partial charge in [-0.3, -0.25) is 13.9 Å². The molecule has 0 unspecified atom stereocenters. The quantitative estimate of drug-likeness (QED) is 0.329. The Morgan fingerprint density at radius 1 is 1.08 bits per heavy atom. The third-order valence-electron chi connectivity index (χ3n) is 6.97. The van der Waals surface area contributed by atoms with Crippen molar-refractivity contribution < 1.29 is 22.7 Å². The van der Waals surface area contributed by atoms with E-state index in [2.05, 4.69) is 21.2 Å². The Kier molecular flexibility index (Phi) is 11.7. The van der Waals surface area contributed by atoms with Crippen LogP contribution in [0.5, 0.6) is 5.75 Å². The van der Waals surface area contributed by atoms with Gasteiger partial charge in [-0.2, -0.15) is 0 Å². The molecule has 0 aromatic heterocycles. The number of carbonyl (C=O) groups excluding carboxylic acids is 2. The standard InChI is InChI=1S/C29H40BrN3O5S/c1-4-38-27-14-9-8-13-26(27)33(39(3,36)37)20-10-15-28(34)32(21-23-16-18-24(30)19-17-23)22(2)29(35)31-25-11-6-5-7-12-25/h8-9,13-14,16-19,22,25H,4-7,10-12,15,20-21H2,1-3H3,(H,31,35)/t22-/m0/s1. The van der Waals surface area contributed by atoms with E-state index in [9.17, 15) is 18.0 Å². The molecule has 1 N–H and O–H groups in total. The first-order valence-electron chi connectivity index (χ1n) is 13.6. The van der Waals surface area contributed by atoms with Crippen molar-refractivity contribution in [2.75, 3.05) is 23.7 Å². The van der Waals surface area contributed by atoms with Crippen molar-refractivity contribution in [3.8, 4) is 5.75 Å². The molecule has 2 amide bonds. The van der Waals surface area contributed by atoms with Crippen LogP contribution in [0.15, 0.2) is 53.0 Å². The van der Waals surface area contributed by atoms with Crippen molar-refractivity contribution in [3.63, 3.8) is 0 Å². The Hall–Kier alpha value is -2.59. The van der Waals surface area contributed by atoms with Gasteiger partial charge in [0.15, 0.2) is 0 Å². The fourth-order valence-corrected chi connectivity index (χ4v) is 6.09. The van der Waals surface area contributed by atoms with E-state index in [1.165, 1.54) is 10.7 Å². The van der Waals surface area contributed by atoms with Gasteiger partial charge < -0.3 is 15.0 Å². The summed E-state index contributed by atoms with van der Waals surface area (Å²) in [5.74, 6) is 0.119. The summed E-state index contributed by atoms with van der Waals surface area (Å²) >= 11 is 3.44. The van der Waals surface area contributed by atoms with E-state index in [1.807, 2.05) is 31.2 Å². The molecule has 10 heteroatoms. The number of nitrogens with zero attached hydrogens (tertiary/aromatic N) is 2. The zero-order valence-corrected chi connectivity index (χ0v) is 25.5. The lowest BCUT2D eigenvalue weighted by Gasteiger charge is -2.31. The number of para-hydroxylation sites is 2. The van der Waals surface area contributed by atoms with E-state index in [1.54, 1.807) is 36.1 Å². The minimum Gasteiger partial charge on any atom is -0.492 e. The van der Waals surface area contributed by atoms with Crippen LogP contribution in [0.1, 0.15) is 64.4 Å². The predicted octanol–water partition coefficient (Wildman–Crippen LogP) is 5.26.